The molecule has 2 unspecified atom stereocenters. The molecule has 6 nitrogen and oxygen atoms in total. The molecule has 0 radical (unpaired) electrons. The lowest BCUT2D eigenvalue weighted by Gasteiger charge is -2.20. The number of hydrogen-bond acceptors (Lipinski definition) is 5. The van der Waals surface area contributed by atoms with Crippen molar-refractivity contribution in [3.8, 4) is 0 Å². The Morgan fingerprint density at radius 2 is 0.758 bits per heavy atom. The topological polar surface area (TPSA) is 95.9 Å². The van der Waals surface area contributed by atoms with Crippen molar-refractivity contribution in [3.05, 3.63) is 48.6 Å². The minimum absolute atomic E-state index is 0.0456. The van der Waals surface area contributed by atoms with Crippen molar-refractivity contribution in [1.82, 2.24) is 5.32 Å². The standard InChI is InChI=1S/C60H111NO5/c1-3-5-7-9-11-13-15-17-25-29-32-36-40-44-48-52-58(63)57(56-62)61-59(64)53-49-45-41-37-33-30-26-23-21-19-18-20-22-24-27-31-35-39-43-47-51-55-66-60(65)54-50-46-42-38-34-28-16-14-12-10-8-6-4-2/h14,16,31,35,43,47-48,52,57-58,62-63H,3-13,15,17-30,32-34,36-42,44-46,49-51,53-56H2,1-2H3,(H,61,64)/b16-14-,35-31-,47-43-,52-48+. The third kappa shape index (κ3) is 51.2. The first-order valence-corrected chi connectivity index (χ1v) is 28.9. The molecule has 0 aromatic carbocycles. The molecular weight excluding hydrogens is 815 g/mol. The van der Waals surface area contributed by atoms with Gasteiger partial charge in [0.05, 0.1) is 25.4 Å². The Bertz CT molecular complexity index is 1110. The quantitative estimate of drug-likeness (QED) is 0.0321. The summed E-state index contributed by atoms with van der Waals surface area (Å²) in [4.78, 5) is 24.4. The van der Waals surface area contributed by atoms with E-state index >= 15 is 0 Å². The van der Waals surface area contributed by atoms with E-state index in [2.05, 4.69) is 55.6 Å². The fourth-order valence-electron chi connectivity index (χ4n) is 8.64. The van der Waals surface area contributed by atoms with Crippen molar-refractivity contribution in [2.45, 2.75) is 309 Å². The third-order valence-corrected chi connectivity index (χ3v) is 13.1. The van der Waals surface area contributed by atoms with Crippen LogP contribution in [0.5, 0.6) is 0 Å². The van der Waals surface area contributed by atoms with Gasteiger partial charge in [-0.15, -0.1) is 0 Å². The van der Waals surface area contributed by atoms with Gasteiger partial charge in [-0.3, -0.25) is 9.59 Å². The summed E-state index contributed by atoms with van der Waals surface area (Å²) in [5.41, 5.74) is 0. The van der Waals surface area contributed by atoms with E-state index in [1.54, 1.807) is 6.08 Å². The predicted octanol–water partition coefficient (Wildman–Crippen LogP) is 17.8. The number of ether oxygens (including phenoxy) is 1. The van der Waals surface area contributed by atoms with Crippen LogP contribution in [-0.4, -0.2) is 47.4 Å². The van der Waals surface area contributed by atoms with E-state index in [-0.39, 0.29) is 18.5 Å². The lowest BCUT2D eigenvalue weighted by atomic mass is 10.0. The molecule has 0 saturated heterocycles. The summed E-state index contributed by atoms with van der Waals surface area (Å²) in [5.74, 6) is -0.118. The number of unbranched alkanes of at least 4 members (excludes halogenated alkanes) is 36. The number of carbonyl (C=O) groups is 2. The number of esters is 1. The van der Waals surface area contributed by atoms with Crippen LogP contribution < -0.4 is 5.32 Å². The van der Waals surface area contributed by atoms with Crippen LogP contribution in [0, 0.1) is 0 Å². The van der Waals surface area contributed by atoms with Crippen molar-refractivity contribution in [1.29, 1.82) is 0 Å². The van der Waals surface area contributed by atoms with Crippen LogP contribution >= 0.6 is 0 Å². The van der Waals surface area contributed by atoms with Gasteiger partial charge < -0.3 is 20.3 Å². The normalized spacial score (nSPS) is 13.0. The molecule has 0 rings (SSSR count). The minimum Gasteiger partial charge on any atom is -0.465 e. The van der Waals surface area contributed by atoms with Crippen LogP contribution in [-0.2, 0) is 14.3 Å². The summed E-state index contributed by atoms with van der Waals surface area (Å²) in [6.45, 7) is 4.77. The number of allylic oxidation sites excluding steroid dienone is 6. The second-order valence-corrected chi connectivity index (χ2v) is 19.6. The number of aliphatic hydroxyl groups is 2. The second-order valence-electron chi connectivity index (χ2n) is 19.6. The largest absolute Gasteiger partial charge is 0.465 e. The summed E-state index contributed by atoms with van der Waals surface area (Å²) < 4.78 is 5.40. The van der Waals surface area contributed by atoms with Crippen molar-refractivity contribution < 1.29 is 24.5 Å². The number of amides is 1. The summed E-state index contributed by atoms with van der Waals surface area (Å²) in [6, 6.07) is -0.632. The van der Waals surface area contributed by atoms with E-state index in [1.807, 2.05) is 6.08 Å². The molecule has 0 aliphatic rings. The summed E-state index contributed by atoms with van der Waals surface area (Å²) in [6.07, 6.45) is 70.0. The Morgan fingerprint density at radius 3 is 1.18 bits per heavy atom. The molecule has 0 aliphatic heterocycles. The van der Waals surface area contributed by atoms with Gasteiger partial charge in [-0.05, 0) is 77.0 Å². The Balaban J connectivity index is 3.49. The van der Waals surface area contributed by atoms with Gasteiger partial charge in [0.15, 0.2) is 0 Å². The Kier molecular flexibility index (Phi) is 53.6. The molecule has 6 heteroatoms. The predicted molar refractivity (Wildman–Crippen MR) is 287 cm³/mol. The van der Waals surface area contributed by atoms with Crippen molar-refractivity contribution in [3.63, 3.8) is 0 Å². The fourth-order valence-corrected chi connectivity index (χ4v) is 8.64. The van der Waals surface area contributed by atoms with Gasteiger partial charge in [-0.2, -0.15) is 0 Å². The summed E-state index contributed by atoms with van der Waals surface area (Å²) >= 11 is 0. The average Bonchev–Trinajstić information content (AvgIpc) is 3.32. The molecule has 0 bridgehead atoms. The lowest BCUT2D eigenvalue weighted by molar-refractivity contribution is -0.143. The highest BCUT2D eigenvalue weighted by atomic mass is 16.5. The zero-order chi connectivity index (χ0) is 47.9. The third-order valence-electron chi connectivity index (χ3n) is 13.1. The number of aliphatic hydroxyl groups excluding tert-OH is 2. The molecule has 0 aliphatic carbocycles. The lowest BCUT2D eigenvalue weighted by Crippen LogP contribution is -2.45. The van der Waals surface area contributed by atoms with Crippen LogP contribution in [0.3, 0.4) is 0 Å². The number of rotatable bonds is 53. The molecule has 0 aromatic heterocycles. The number of carbonyl (C=O) groups excluding carboxylic acids is 2. The van der Waals surface area contributed by atoms with Gasteiger partial charge in [0.2, 0.25) is 5.91 Å². The molecule has 0 heterocycles. The molecule has 3 N–H and O–H groups in total. The zero-order valence-corrected chi connectivity index (χ0v) is 43.9. The SMILES string of the molecule is CCCCCC/C=C\CCCCCCCC(=O)OCC/C=C\C/C=C\CCCCCCCCCCCCCCCCC(=O)NC(CO)C(O)/C=C/CCCCCCCCCCCCCCC. The number of nitrogens with one attached hydrogen (secondary N) is 1. The van der Waals surface area contributed by atoms with Crippen molar-refractivity contribution in [2.24, 2.45) is 0 Å². The van der Waals surface area contributed by atoms with Gasteiger partial charge in [-0.1, -0.05) is 255 Å². The second kappa shape index (κ2) is 55.4. The molecule has 66 heavy (non-hydrogen) atoms. The minimum atomic E-state index is -0.848. The average molecular weight is 927 g/mol. The smallest absolute Gasteiger partial charge is 0.305 e. The highest BCUT2D eigenvalue weighted by Gasteiger charge is 2.18. The Labute approximate surface area is 410 Å². The molecule has 386 valence electrons. The molecule has 1 amide bonds. The summed E-state index contributed by atoms with van der Waals surface area (Å²) in [7, 11) is 0. The van der Waals surface area contributed by atoms with Crippen LogP contribution in [0.15, 0.2) is 48.6 Å². The van der Waals surface area contributed by atoms with Crippen LogP contribution in [0.25, 0.3) is 0 Å². The molecule has 0 fully saturated rings. The van der Waals surface area contributed by atoms with Crippen molar-refractivity contribution in [2.75, 3.05) is 13.2 Å². The fraction of sp³-hybridized carbons (Fsp3) is 0.833. The maximum atomic E-state index is 12.5. The highest BCUT2D eigenvalue weighted by Crippen LogP contribution is 2.16. The van der Waals surface area contributed by atoms with E-state index in [0.29, 0.717) is 19.4 Å². The van der Waals surface area contributed by atoms with Crippen molar-refractivity contribution >= 4 is 11.9 Å². The van der Waals surface area contributed by atoms with Crippen LogP contribution in [0.1, 0.15) is 296 Å². The number of hydrogen-bond donors (Lipinski definition) is 3. The first-order chi connectivity index (χ1) is 32.5. The van der Waals surface area contributed by atoms with E-state index in [4.69, 9.17) is 4.74 Å². The molecule has 0 aromatic rings. The molecule has 0 spiro atoms. The van der Waals surface area contributed by atoms with E-state index < -0.39 is 12.1 Å². The Hall–Kier alpha value is -2.18. The van der Waals surface area contributed by atoms with Gasteiger partial charge in [0, 0.05) is 12.8 Å². The van der Waals surface area contributed by atoms with Gasteiger partial charge in [0.1, 0.15) is 0 Å². The molecular formula is C60H111NO5. The van der Waals surface area contributed by atoms with E-state index in [9.17, 15) is 19.8 Å². The first-order valence-electron chi connectivity index (χ1n) is 28.9. The maximum absolute atomic E-state index is 12.5. The molecule has 2 atom stereocenters. The summed E-state index contributed by atoms with van der Waals surface area (Å²) in [5, 5.41) is 23.1. The van der Waals surface area contributed by atoms with Gasteiger partial charge in [-0.25, -0.2) is 0 Å². The molecule has 0 saturated carbocycles. The van der Waals surface area contributed by atoms with E-state index in [0.717, 1.165) is 51.4 Å². The zero-order valence-electron chi connectivity index (χ0n) is 43.9. The van der Waals surface area contributed by atoms with Gasteiger partial charge >= 0.3 is 5.97 Å². The van der Waals surface area contributed by atoms with E-state index in [1.165, 1.54) is 218 Å². The monoisotopic (exact) mass is 926 g/mol. The first kappa shape index (κ1) is 63.8. The maximum Gasteiger partial charge on any atom is 0.305 e. The van der Waals surface area contributed by atoms with Gasteiger partial charge in [0.25, 0.3) is 0 Å². The Morgan fingerprint density at radius 1 is 0.424 bits per heavy atom. The van der Waals surface area contributed by atoms with Crippen LogP contribution in [0.2, 0.25) is 0 Å². The highest BCUT2D eigenvalue weighted by molar-refractivity contribution is 5.76. The van der Waals surface area contributed by atoms with Crippen LogP contribution in [0.4, 0.5) is 0 Å².